The van der Waals surface area contributed by atoms with E-state index in [2.05, 4.69) is 12.1 Å². The molecule has 156 valence electrons. The molecule has 2 aromatic rings. The number of aryl methyl sites for hydroxylation is 1. The van der Waals surface area contributed by atoms with Crippen LogP contribution in [-0.4, -0.2) is 50.8 Å². The van der Waals surface area contributed by atoms with Crippen LogP contribution in [0.2, 0.25) is 0 Å². The van der Waals surface area contributed by atoms with Crippen molar-refractivity contribution >= 4 is 15.7 Å². The molecule has 1 fully saturated rings. The van der Waals surface area contributed by atoms with Crippen LogP contribution in [0.5, 0.6) is 0 Å². The van der Waals surface area contributed by atoms with Crippen LogP contribution in [0.25, 0.3) is 0 Å². The highest BCUT2D eigenvalue weighted by molar-refractivity contribution is 7.91. The molecule has 0 bridgehead atoms. The fourth-order valence-corrected chi connectivity index (χ4v) is 4.01. The number of nitrogens with zero attached hydrogens (tertiary/aromatic N) is 1. The molecule has 1 heterocycles. The monoisotopic (exact) mass is 423 g/mol. The van der Waals surface area contributed by atoms with Crippen LogP contribution in [0.1, 0.15) is 28.8 Å². The second kappa shape index (κ2) is 9.45. The molecule has 1 aliphatic heterocycles. The lowest BCUT2D eigenvalue weighted by molar-refractivity contribution is 0.0525. The van der Waals surface area contributed by atoms with Gasteiger partial charge in [0.05, 0.1) is 11.0 Å². The van der Waals surface area contributed by atoms with Crippen LogP contribution in [-0.2, 0) is 21.0 Å². The zero-order valence-corrected chi connectivity index (χ0v) is 16.7. The number of hydrogen-bond acceptors (Lipinski definition) is 4. The normalized spacial score (nSPS) is 17.1. The van der Waals surface area contributed by atoms with Crippen molar-refractivity contribution in [1.29, 1.82) is 0 Å². The third-order valence-electron chi connectivity index (χ3n) is 4.90. The van der Waals surface area contributed by atoms with E-state index in [0.29, 0.717) is 19.7 Å². The molecule has 0 N–H and O–H groups in total. The van der Waals surface area contributed by atoms with Crippen molar-refractivity contribution in [2.24, 2.45) is 0 Å². The summed E-state index contributed by atoms with van der Waals surface area (Å²) in [6.07, 6.45) is 2.53. The Balaban J connectivity index is 1.47. The Bertz CT molecular complexity index is 917. The lowest BCUT2D eigenvalue weighted by atomic mass is 10.1. The summed E-state index contributed by atoms with van der Waals surface area (Å²) in [7, 11) is -4.66. The van der Waals surface area contributed by atoms with Crippen molar-refractivity contribution in [3.05, 3.63) is 65.7 Å². The van der Waals surface area contributed by atoms with Crippen LogP contribution in [0, 0.1) is 0 Å². The molecule has 3 rings (SSSR count). The maximum absolute atomic E-state index is 12.6. The Labute approximate surface area is 169 Å². The SMILES string of the molecule is O=C(c1ccc(S(=O)(=O)C(F)F)cc1)N1CC[C@H](OCCCc2ccccc2)C1. The molecule has 0 spiro atoms. The molecule has 1 amide bonds. The number of benzene rings is 2. The zero-order chi connectivity index (χ0) is 20.9. The van der Waals surface area contributed by atoms with Gasteiger partial charge in [-0.25, -0.2) is 8.42 Å². The quantitative estimate of drug-likeness (QED) is 0.609. The molecule has 2 aromatic carbocycles. The van der Waals surface area contributed by atoms with E-state index in [-0.39, 0.29) is 17.6 Å². The second-order valence-corrected chi connectivity index (χ2v) is 8.87. The molecule has 0 aromatic heterocycles. The van der Waals surface area contributed by atoms with E-state index in [1.165, 1.54) is 17.7 Å². The lowest BCUT2D eigenvalue weighted by Gasteiger charge is -2.17. The van der Waals surface area contributed by atoms with Crippen molar-refractivity contribution in [2.75, 3.05) is 19.7 Å². The molecule has 5 nitrogen and oxygen atoms in total. The number of ether oxygens (including phenoxy) is 1. The molecule has 1 atom stereocenters. The van der Waals surface area contributed by atoms with Crippen molar-refractivity contribution in [2.45, 2.75) is 36.0 Å². The molecule has 1 saturated heterocycles. The number of carbonyl (C=O) groups excluding carboxylic acids is 1. The Hall–Kier alpha value is -2.32. The highest BCUT2D eigenvalue weighted by Gasteiger charge is 2.29. The number of sulfone groups is 1. The van der Waals surface area contributed by atoms with Gasteiger partial charge in [-0.05, 0) is 49.1 Å². The van der Waals surface area contributed by atoms with Crippen LogP contribution in [0.3, 0.4) is 0 Å². The summed E-state index contributed by atoms with van der Waals surface area (Å²) < 4.78 is 54.0. The lowest BCUT2D eigenvalue weighted by Crippen LogP contribution is -2.30. The molecule has 0 unspecified atom stereocenters. The molecule has 0 radical (unpaired) electrons. The first kappa shape index (κ1) is 21.4. The van der Waals surface area contributed by atoms with E-state index in [0.717, 1.165) is 31.4 Å². The number of rotatable bonds is 8. The number of amides is 1. The van der Waals surface area contributed by atoms with Crippen LogP contribution < -0.4 is 0 Å². The topological polar surface area (TPSA) is 63.7 Å². The Morgan fingerprint density at radius 2 is 1.79 bits per heavy atom. The maximum Gasteiger partial charge on any atom is 0.341 e. The van der Waals surface area contributed by atoms with Crippen molar-refractivity contribution in [3.63, 3.8) is 0 Å². The Morgan fingerprint density at radius 1 is 1.10 bits per heavy atom. The Morgan fingerprint density at radius 3 is 2.45 bits per heavy atom. The highest BCUT2D eigenvalue weighted by atomic mass is 32.2. The largest absolute Gasteiger partial charge is 0.376 e. The summed E-state index contributed by atoms with van der Waals surface area (Å²) >= 11 is 0. The van der Waals surface area contributed by atoms with Crippen LogP contribution in [0.4, 0.5) is 8.78 Å². The molecular weight excluding hydrogens is 400 g/mol. The average Bonchev–Trinajstić information content (AvgIpc) is 3.20. The summed E-state index contributed by atoms with van der Waals surface area (Å²) in [4.78, 5) is 13.7. The minimum absolute atomic E-state index is 0.0341. The van der Waals surface area contributed by atoms with E-state index in [9.17, 15) is 22.0 Å². The zero-order valence-electron chi connectivity index (χ0n) is 15.8. The number of carbonyl (C=O) groups is 1. The van der Waals surface area contributed by atoms with Gasteiger partial charge in [0.15, 0.2) is 0 Å². The number of likely N-dealkylation sites (tertiary alicyclic amines) is 1. The molecule has 29 heavy (non-hydrogen) atoms. The molecule has 1 aliphatic rings. The van der Waals surface area contributed by atoms with Gasteiger partial charge >= 0.3 is 5.76 Å². The van der Waals surface area contributed by atoms with E-state index < -0.39 is 20.5 Å². The predicted octanol–water partition coefficient (Wildman–Crippen LogP) is 3.55. The average molecular weight is 423 g/mol. The van der Waals surface area contributed by atoms with E-state index >= 15 is 0 Å². The predicted molar refractivity (Wildman–Crippen MR) is 105 cm³/mol. The van der Waals surface area contributed by atoms with Crippen molar-refractivity contribution in [3.8, 4) is 0 Å². The van der Waals surface area contributed by atoms with Crippen LogP contribution in [0.15, 0.2) is 59.5 Å². The fraction of sp³-hybridized carbons (Fsp3) is 0.381. The first-order valence-corrected chi connectivity index (χ1v) is 11.0. The fourth-order valence-electron chi connectivity index (χ4n) is 3.29. The summed E-state index contributed by atoms with van der Waals surface area (Å²) in [6.45, 7) is 1.61. The third-order valence-corrected chi connectivity index (χ3v) is 6.30. The molecular formula is C21H23F2NO4S. The van der Waals surface area contributed by atoms with Crippen LogP contribution >= 0.6 is 0 Å². The molecule has 0 saturated carbocycles. The first-order valence-electron chi connectivity index (χ1n) is 9.45. The molecule has 8 heteroatoms. The van der Waals surface area contributed by atoms with Gasteiger partial charge in [-0.15, -0.1) is 0 Å². The van der Waals surface area contributed by atoms with Gasteiger partial charge in [-0.1, -0.05) is 30.3 Å². The number of hydrogen-bond donors (Lipinski definition) is 0. The van der Waals surface area contributed by atoms with Gasteiger partial charge in [-0.3, -0.25) is 4.79 Å². The standard InChI is InChI=1S/C21H23F2NO4S/c22-21(23)29(26,27)19-10-8-17(9-11-19)20(25)24-13-12-18(15-24)28-14-4-7-16-5-2-1-3-6-16/h1-3,5-6,8-11,18,21H,4,7,12-15H2/t18-/m0/s1. The third kappa shape index (κ3) is 5.39. The Kier molecular flexibility index (Phi) is 6.97. The van der Waals surface area contributed by atoms with Crippen molar-refractivity contribution < 1.29 is 26.7 Å². The first-order chi connectivity index (χ1) is 13.9. The molecule has 0 aliphatic carbocycles. The second-order valence-electron chi connectivity index (χ2n) is 6.95. The summed E-state index contributed by atoms with van der Waals surface area (Å²) in [5, 5.41) is 0. The minimum atomic E-state index is -4.66. The van der Waals surface area contributed by atoms with E-state index in [1.807, 2.05) is 18.2 Å². The van der Waals surface area contributed by atoms with Gasteiger partial charge in [-0.2, -0.15) is 8.78 Å². The van der Waals surface area contributed by atoms with E-state index in [1.54, 1.807) is 4.90 Å². The maximum atomic E-state index is 12.6. The number of halogens is 2. The van der Waals surface area contributed by atoms with Gasteiger partial charge in [0.1, 0.15) is 0 Å². The highest BCUT2D eigenvalue weighted by Crippen LogP contribution is 2.21. The summed E-state index contributed by atoms with van der Waals surface area (Å²) in [5.41, 5.74) is 1.53. The summed E-state index contributed by atoms with van der Waals surface area (Å²) in [5.74, 6) is -3.75. The minimum Gasteiger partial charge on any atom is -0.376 e. The van der Waals surface area contributed by atoms with E-state index in [4.69, 9.17) is 4.74 Å². The summed E-state index contributed by atoms with van der Waals surface area (Å²) in [6, 6.07) is 14.8. The van der Waals surface area contributed by atoms with Gasteiger partial charge in [0.2, 0.25) is 9.84 Å². The van der Waals surface area contributed by atoms with Gasteiger partial charge in [0, 0.05) is 25.3 Å². The number of alkyl halides is 2. The smallest absolute Gasteiger partial charge is 0.341 e. The van der Waals surface area contributed by atoms with Gasteiger partial charge < -0.3 is 9.64 Å². The van der Waals surface area contributed by atoms with Crippen molar-refractivity contribution in [1.82, 2.24) is 4.90 Å². The van der Waals surface area contributed by atoms with Gasteiger partial charge in [0.25, 0.3) is 5.91 Å².